The van der Waals surface area contributed by atoms with Crippen LogP contribution in [0.2, 0.25) is 0 Å². The molecule has 0 spiro atoms. The molecule has 0 amide bonds. The van der Waals surface area contributed by atoms with Gasteiger partial charge >= 0.3 is 0 Å². The zero-order valence-corrected chi connectivity index (χ0v) is 17.6. The number of fused-ring (bicyclic) bond motifs is 1. The van der Waals surface area contributed by atoms with E-state index in [2.05, 4.69) is 39.5 Å². The summed E-state index contributed by atoms with van der Waals surface area (Å²) >= 11 is 0. The van der Waals surface area contributed by atoms with Gasteiger partial charge in [-0.2, -0.15) is 10.4 Å². The summed E-state index contributed by atoms with van der Waals surface area (Å²) in [5, 5.41) is 27.7. The third kappa shape index (κ3) is 3.32. The highest BCUT2D eigenvalue weighted by Crippen LogP contribution is 2.39. The highest BCUT2D eigenvalue weighted by atomic mass is 19.1. The summed E-state index contributed by atoms with van der Waals surface area (Å²) in [4.78, 5) is 4.51. The first-order valence-corrected chi connectivity index (χ1v) is 10.6. The summed E-state index contributed by atoms with van der Waals surface area (Å²) < 4.78 is 14.7. The first-order chi connectivity index (χ1) is 15.6. The lowest BCUT2D eigenvalue weighted by Crippen LogP contribution is -1.98. The summed E-state index contributed by atoms with van der Waals surface area (Å²) in [6.45, 7) is 1.88. The van der Waals surface area contributed by atoms with Gasteiger partial charge in [0.25, 0.3) is 0 Å². The Morgan fingerprint density at radius 2 is 1.88 bits per heavy atom. The number of aryl methyl sites for hydroxylation is 1. The molecule has 0 atom stereocenters. The van der Waals surface area contributed by atoms with Crippen LogP contribution in [-0.2, 0) is 0 Å². The van der Waals surface area contributed by atoms with Crippen molar-refractivity contribution in [3.63, 3.8) is 0 Å². The van der Waals surface area contributed by atoms with Crippen molar-refractivity contribution in [2.75, 3.05) is 0 Å². The van der Waals surface area contributed by atoms with E-state index in [-0.39, 0.29) is 22.6 Å². The number of hydrogen-bond acceptors (Lipinski definition) is 4. The van der Waals surface area contributed by atoms with E-state index >= 15 is 0 Å². The van der Waals surface area contributed by atoms with Crippen LogP contribution in [0.25, 0.3) is 39.0 Å². The van der Waals surface area contributed by atoms with Crippen molar-refractivity contribution < 1.29 is 9.50 Å². The van der Waals surface area contributed by atoms with E-state index in [1.165, 1.54) is 36.1 Å². The number of benzene rings is 2. The fourth-order valence-corrected chi connectivity index (χ4v) is 4.44. The summed E-state index contributed by atoms with van der Waals surface area (Å²) in [6, 6.07) is 14.2. The van der Waals surface area contributed by atoms with Crippen molar-refractivity contribution in [1.29, 1.82) is 5.26 Å². The molecule has 0 saturated heterocycles. The molecule has 2 aromatic heterocycles. The second-order valence-corrected chi connectivity index (χ2v) is 8.09. The Hall–Kier alpha value is -3.98. The number of aromatic nitrogens is 3. The van der Waals surface area contributed by atoms with Crippen molar-refractivity contribution >= 4 is 16.6 Å². The molecule has 0 aliphatic heterocycles. The van der Waals surface area contributed by atoms with Crippen LogP contribution in [0, 0.1) is 24.1 Å². The van der Waals surface area contributed by atoms with Crippen LogP contribution in [0.4, 0.5) is 4.39 Å². The molecular weight excluding hydrogens is 403 g/mol. The molecule has 0 radical (unpaired) electrons. The normalized spacial score (nSPS) is 13.7. The van der Waals surface area contributed by atoms with Crippen molar-refractivity contribution in [2.45, 2.75) is 32.6 Å². The van der Waals surface area contributed by atoms with Crippen LogP contribution in [0.15, 0.2) is 48.5 Å². The number of nitriles is 1. The third-order valence-corrected chi connectivity index (χ3v) is 6.04. The zero-order chi connectivity index (χ0) is 22.2. The van der Waals surface area contributed by atoms with E-state index in [9.17, 15) is 14.8 Å². The number of halogens is 1. The highest BCUT2D eigenvalue weighted by molar-refractivity contribution is 6.00. The van der Waals surface area contributed by atoms with E-state index in [0.29, 0.717) is 11.2 Å². The first kappa shape index (κ1) is 20.0. The van der Waals surface area contributed by atoms with Crippen LogP contribution in [-0.4, -0.2) is 20.3 Å². The van der Waals surface area contributed by atoms with Gasteiger partial charge in [0.2, 0.25) is 0 Å². The lowest BCUT2D eigenvalue weighted by Gasteiger charge is -2.15. The van der Waals surface area contributed by atoms with Crippen LogP contribution in [0.1, 0.15) is 42.5 Å². The molecule has 0 saturated carbocycles. The van der Waals surface area contributed by atoms with Gasteiger partial charge in [-0.1, -0.05) is 30.3 Å². The molecule has 32 heavy (non-hydrogen) atoms. The van der Waals surface area contributed by atoms with Gasteiger partial charge in [0, 0.05) is 22.9 Å². The number of aromatic hydroxyl groups is 1. The number of nitrogens with zero attached hydrogens (tertiary/aromatic N) is 3. The molecular formula is C26H21FN4O. The molecule has 1 aliphatic rings. The minimum atomic E-state index is -0.647. The Morgan fingerprint density at radius 3 is 2.56 bits per heavy atom. The van der Waals surface area contributed by atoms with Crippen molar-refractivity contribution in [3.05, 3.63) is 71.2 Å². The maximum atomic E-state index is 14.7. The monoisotopic (exact) mass is 424 g/mol. The highest BCUT2D eigenvalue weighted by Gasteiger charge is 2.23. The van der Waals surface area contributed by atoms with E-state index in [1.807, 2.05) is 19.1 Å². The fraction of sp³-hybridized carbons (Fsp3) is 0.192. The van der Waals surface area contributed by atoms with E-state index in [0.717, 1.165) is 35.6 Å². The van der Waals surface area contributed by atoms with Gasteiger partial charge in [0.1, 0.15) is 17.6 Å². The number of phenols is 1. The van der Waals surface area contributed by atoms with Crippen LogP contribution < -0.4 is 0 Å². The van der Waals surface area contributed by atoms with E-state index in [4.69, 9.17) is 0 Å². The number of phenolic OH excluding ortho intramolecular Hbond substituents is 1. The smallest absolute Gasteiger partial charge is 0.182 e. The number of aromatic amines is 1. The molecule has 5 rings (SSSR count). The third-order valence-electron chi connectivity index (χ3n) is 6.04. The predicted octanol–water partition coefficient (Wildman–Crippen LogP) is 6.27. The Balaban J connectivity index is 1.74. The van der Waals surface area contributed by atoms with Crippen molar-refractivity contribution in [2.24, 2.45) is 0 Å². The van der Waals surface area contributed by atoms with E-state index in [1.54, 1.807) is 0 Å². The Kier molecular flexibility index (Phi) is 4.95. The van der Waals surface area contributed by atoms with Crippen molar-refractivity contribution in [3.8, 4) is 34.2 Å². The molecule has 5 nitrogen and oxygen atoms in total. The standard InChI is InChI=1S/C26H21FN4O/c1-15-23-24(18-9-7-17(8-10-18)16-5-3-2-4-6-16)21(14-28)25(29-26(23)31-30-15)20-12-11-19(32)13-22(20)27/h5,7-13,32H,2-4,6H2,1H3,(H,29,30,31). The Labute approximate surface area is 184 Å². The summed E-state index contributed by atoms with van der Waals surface area (Å²) in [5.74, 6) is -0.833. The molecule has 2 N–H and O–H groups in total. The summed E-state index contributed by atoms with van der Waals surface area (Å²) in [7, 11) is 0. The molecule has 6 heteroatoms. The minimum absolute atomic E-state index is 0.145. The van der Waals surface area contributed by atoms with Crippen LogP contribution >= 0.6 is 0 Å². The van der Waals surface area contributed by atoms with Gasteiger partial charge in [-0.25, -0.2) is 9.37 Å². The Morgan fingerprint density at radius 1 is 1.09 bits per heavy atom. The molecule has 2 heterocycles. The maximum absolute atomic E-state index is 14.7. The minimum Gasteiger partial charge on any atom is -0.508 e. The lowest BCUT2D eigenvalue weighted by atomic mass is 9.90. The SMILES string of the molecule is Cc1[nH]nc2nc(-c3ccc(O)cc3F)c(C#N)c(-c3ccc(C4=CCCCC4)cc3)c12. The number of hydrogen-bond donors (Lipinski definition) is 2. The number of allylic oxidation sites excluding steroid dienone is 2. The first-order valence-electron chi connectivity index (χ1n) is 10.6. The lowest BCUT2D eigenvalue weighted by molar-refractivity contribution is 0.469. The van der Waals surface area contributed by atoms with Gasteiger partial charge in [-0.15, -0.1) is 0 Å². The van der Waals surface area contributed by atoms with Crippen molar-refractivity contribution in [1.82, 2.24) is 15.2 Å². The number of H-pyrrole nitrogens is 1. The van der Waals surface area contributed by atoms with Gasteiger partial charge in [-0.05, 0) is 61.4 Å². The second kappa shape index (κ2) is 7.93. The number of pyridine rings is 1. The van der Waals surface area contributed by atoms with E-state index < -0.39 is 5.82 Å². The average molecular weight is 424 g/mol. The van der Waals surface area contributed by atoms with Gasteiger partial charge < -0.3 is 5.11 Å². The number of nitrogens with one attached hydrogen (secondary N) is 1. The molecule has 0 fully saturated rings. The molecule has 0 bridgehead atoms. The van der Waals surface area contributed by atoms with Crippen LogP contribution in [0.5, 0.6) is 5.75 Å². The fourth-order valence-electron chi connectivity index (χ4n) is 4.44. The van der Waals surface area contributed by atoms with Gasteiger partial charge in [0.15, 0.2) is 5.65 Å². The zero-order valence-electron chi connectivity index (χ0n) is 17.6. The molecule has 2 aromatic carbocycles. The van der Waals surface area contributed by atoms with Gasteiger partial charge in [0.05, 0.1) is 16.6 Å². The quantitative estimate of drug-likeness (QED) is 0.406. The summed E-state index contributed by atoms with van der Waals surface area (Å²) in [5.41, 5.74) is 5.89. The molecule has 4 aromatic rings. The number of rotatable bonds is 3. The topological polar surface area (TPSA) is 85.6 Å². The summed E-state index contributed by atoms with van der Waals surface area (Å²) in [6.07, 6.45) is 6.92. The molecule has 0 unspecified atom stereocenters. The largest absolute Gasteiger partial charge is 0.508 e. The predicted molar refractivity (Wildman–Crippen MR) is 122 cm³/mol. The second-order valence-electron chi connectivity index (χ2n) is 8.09. The molecule has 1 aliphatic carbocycles. The maximum Gasteiger partial charge on any atom is 0.182 e. The van der Waals surface area contributed by atoms with Crippen LogP contribution in [0.3, 0.4) is 0 Å². The van der Waals surface area contributed by atoms with Gasteiger partial charge in [-0.3, -0.25) is 5.10 Å². The Bertz CT molecular complexity index is 1410. The average Bonchev–Trinajstić information content (AvgIpc) is 3.19. The molecule has 158 valence electrons.